The fourth-order valence-corrected chi connectivity index (χ4v) is 6.34. The first-order chi connectivity index (χ1) is 12.1. The van der Waals surface area contributed by atoms with E-state index in [1.807, 2.05) is 0 Å². The minimum atomic E-state index is -0.201. The molecule has 2 aromatic rings. The predicted molar refractivity (Wildman–Crippen MR) is 107 cm³/mol. The molecule has 0 aliphatic heterocycles. The van der Waals surface area contributed by atoms with Crippen LogP contribution in [0.1, 0.15) is 24.0 Å². The van der Waals surface area contributed by atoms with Gasteiger partial charge in [0.15, 0.2) is 0 Å². The van der Waals surface area contributed by atoms with E-state index in [9.17, 15) is 4.79 Å². The van der Waals surface area contributed by atoms with Gasteiger partial charge >= 0.3 is 5.97 Å². The van der Waals surface area contributed by atoms with Crippen LogP contribution in [0.25, 0.3) is 11.1 Å². The Morgan fingerprint density at radius 3 is 2.08 bits per heavy atom. The van der Waals surface area contributed by atoms with Gasteiger partial charge in [0, 0.05) is 16.4 Å². The lowest BCUT2D eigenvalue weighted by Gasteiger charge is -2.46. The number of allylic oxidation sites excluding steroid dienone is 3. The summed E-state index contributed by atoms with van der Waals surface area (Å²) < 4.78 is 6.44. The highest BCUT2D eigenvalue weighted by Crippen LogP contribution is 2.67. The van der Waals surface area contributed by atoms with Crippen molar-refractivity contribution in [2.45, 2.75) is 23.7 Å². The normalized spacial score (nSPS) is 28.2. The third-order valence-electron chi connectivity index (χ3n) is 6.09. The van der Waals surface area contributed by atoms with Gasteiger partial charge in [0.25, 0.3) is 0 Å². The van der Waals surface area contributed by atoms with Gasteiger partial charge < -0.3 is 4.74 Å². The molecule has 3 aliphatic carbocycles. The van der Waals surface area contributed by atoms with E-state index >= 15 is 0 Å². The first-order valence-corrected chi connectivity index (χ1v) is 9.56. The van der Waals surface area contributed by atoms with E-state index in [-0.39, 0.29) is 16.8 Å². The minimum Gasteiger partial charge on any atom is -0.466 e. The lowest BCUT2D eigenvalue weighted by atomic mass is 9.55. The van der Waals surface area contributed by atoms with E-state index in [1.54, 1.807) is 0 Å². The lowest BCUT2D eigenvalue weighted by Crippen LogP contribution is -2.43. The van der Waals surface area contributed by atoms with E-state index in [1.165, 1.54) is 32.9 Å². The van der Waals surface area contributed by atoms with Gasteiger partial charge in [-0.25, -0.2) is 4.79 Å². The van der Waals surface area contributed by atoms with Crippen molar-refractivity contribution in [3.8, 4) is 11.1 Å². The molecular weight excluding hydrogens is 423 g/mol. The Kier molecular flexibility index (Phi) is 3.12. The second kappa shape index (κ2) is 5.07. The van der Waals surface area contributed by atoms with Crippen LogP contribution in [0.2, 0.25) is 0 Å². The molecule has 124 valence electrons. The largest absolute Gasteiger partial charge is 0.466 e. The van der Waals surface area contributed by atoms with Crippen molar-refractivity contribution in [3.05, 3.63) is 81.0 Å². The summed E-state index contributed by atoms with van der Waals surface area (Å²) in [5, 5.41) is 0. The maximum atomic E-state index is 12.4. The number of hydrogen-bond acceptors (Lipinski definition) is 2. The number of esters is 1. The highest BCUT2D eigenvalue weighted by molar-refractivity contribution is 14.1. The second-order valence-corrected chi connectivity index (χ2v) is 8.53. The van der Waals surface area contributed by atoms with E-state index < -0.39 is 0 Å². The Morgan fingerprint density at radius 1 is 0.920 bits per heavy atom. The molecule has 0 heterocycles. The molecule has 3 heteroatoms. The molecule has 3 aliphatic rings. The van der Waals surface area contributed by atoms with Crippen LogP contribution in [-0.2, 0) is 20.4 Å². The van der Waals surface area contributed by atoms with E-state index in [2.05, 4.69) is 83.3 Å². The van der Waals surface area contributed by atoms with Crippen molar-refractivity contribution >= 4 is 28.6 Å². The van der Waals surface area contributed by atoms with Crippen LogP contribution in [0.5, 0.6) is 0 Å². The van der Waals surface area contributed by atoms with Gasteiger partial charge in [-0.15, -0.1) is 0 Å². The first-order valence-electron chi connectivity index (χ1n) is 8.48. The average molecular weight is 440 g/mol. The molecule has 0 fully saturated rings. The van der Waals surface area contributed by atoms with Crippen LogP contribution in [-0.4, -0.2) is 13.1 Å². The Bertz CT molecular complexity index is 987. The van der Waals surface area contributed by atoms with Crippen molar-refractivity contribution in [1.29, 1.82) is 0 Å². The van der Waals surface area contributed by atoms with Gasteiger partial charge in [-0.2, -0.15) is 0 Å². The summed E-state index contributed by atoms with van der Waals surface area (Å²) in [7, 11) is 1.47. The topological polar surface area (TPSA) is 26.3 Å². The number of halogens is 1. The third-order valence-corrected chi connectivity index (χ3v) is 6.78. The number of carbonyl (C=O) groups is 1. The van der Waals surface area contributed by atoms with Crippen molar-refractivity contribution in [2.75, 3.05) is 7.11 Å². The molecule has 0 saturated carbocycles. The van der Waals surface area contributed by atoms with Crippen molar-refractivity contribution < 1.29 is 9.53 Å². The molecule has 2 nitrogen and oxygen atoms in total. The van der Waals surface area contributed by atoms with Gasteiger partial charge in [0.1, 0.15) is 0 Å². The molecule has 0 saturated heterocycles. The molecule has 0 spiro atoms. The summed E-state index contributed by atoms with van der Waals surface area (Å²) in [6.45, 7) is 0. The molecule has 5 rings (SSSR count). The number of rotatable bonds is 1. The second-order valence-electron chi connectivity index (χ2n) is 7.14. The third kappa shape index (κ3) is 1.77. The summed E-state index contributed by atoms with van der Waals surface area (Å²) in [5.74, 6) is -0.201. The van der Waals surface area contributed by atoms with Gasteiger partial charge in [0.05, 0.1) is 7.11 Å². The van der Waals surface area contributed by atoms with Crippen molar-refractivity contribution in [2.24, 2.45) is 0 Å². The van der Waals surface area contributed by atoms with Gasteiger partial charge in [0.2, 0.25) is 0 Å². The minimum absolute atomic E-state index is 0.183. The van der Waals surface area contributed by atoms with Crippen molar-refractivity contribution in [1.82, 2.24) is 0 Å². The quantitative estimate of drug-likeness (QED) is 0.458. The molecule has 0 aromatic heterocycles. The fraction of sp³-hybridized carbons (Fsp3) is 0.227. The maximum absolute atomic E-state index is 12.4. The van der Waals surface area contributed by atoms with E-state index in [4.69, 9.17) is 4.74 Å². The SMILES string of the molecule is COC(=O)C1=C[C@]23CC(I)=C[C@@]2(C1)c1ccccc1-c1ccccc13. The van der Waals surface area contributed by atoms with Crippen molar-refractivity contribution in [3.63, 3.8) is 0 Å². The average Bonchev–Trinajstić information content (AvgIpc) is 3.11. The van der Waals surface area contributed by atoms with Crippen LogP contribution in [0.4, 0.5) is 0 Å². The van der Waals surface area contributed by atoms with Crippen LogP contribution in [0.15, 0.2) is 69.8 Å². The number of benzene rings is 2. The Labute approximate surface area is 160 Å². The molecule has 2 aromatic carbocycles. The Hall–Kier alpha value is -1.88. The summed E-state index contributed by atoms with van der Waals surface area (Å²) in [5.41, 5.74) is 5.67. The van der Waals surface area contributed by atoms with Crippen LogP contribution in [0, 0.1) is 0 Å². The molecule has 25 heavy (non-hydrogen) atoms. The number of carbonyl (C=O) groups excluding carboxylic acids is 1. The maximum Gasteiger partial charge on any atom is 0.333 e. The lowest BCUT2D eigenvalue weighted by molar-refractivity contribution is -0.136. The standard InChI is InChI=1S/C22H17IO2/c1-25-20(24)14-10-21-12-15(23)13-22(21,11-14)19-9-5-3-7-17(19)16-6-2-4-8-18(16)21/h2-10,13H,11-12H2,1H3/t21-,22+/m1/s1. The number of methoxy groups -OCH3 is 1. The van der Waals surface area contributed by atoms with Crippen LogP contribution >= 0.6 is 22.6 Å². The zero-order valence-corrected chi connectivity index (χ0v) is 16.0. The van der Waals surface area contributed by atoms with Gasteiger partial charge in [-0.3, -0.25) is 0 Å². The molecule has 0 amide bonds. The van der Waals surface area contributed by atoms with E-state index in [0.717, 1.165) is 12.0 Å². The first kappa shape index (κ1) is 15.4. The number of hydrogen-bond donors (Lipinski definition) is 0. The Balaban J connectivity index is 1.89. The molecule has 0 radical (unpaired) electrons. The van der Waals surface area contributed by atoms with Gasteiger partial charge in [-0.05, 0) is 61.3 Å². The monoisotopic (exact) mass is 440 g/mol. The summed E-state index contributed by atoms with van der Waals surface area (Å²) in [6, 6.07) is 17.3. The van der Waals surface area contributed by atoms with E-state index in [0.29, 0.717) is 6.42 Å². The number of fused-ring (bicyclic) bond motifs is 3. The smallest absolute Gasteiger partial charge is 0.333 e. The number of ether oxygens (including phenoxy) is 1. The highest BCUT2D eigenvalue weighted by Gasteiger charge is 2.62. The molecular formula is C22H17IO2. The van der Waals surface area contributed by atoms with Gasteiger partial charge in [-0.1, -0.05) is 60.7 Å². The molecule has 0 unspecified atom stereocenters. The highest BCUT2D eigenvalue weighted by atomic mass is 127. The molecule has 0 bridgehead atoms. The predicted octanol–water partition coefficient (Wildman–Crippen LogP) is 5.07. The summed E-state index contributed by atoms with van der Waals surface area (Å²) in [6.07, 6.45) is 6.25. The summed E-state index contributed by atoms with van der Waals surface area (Å²) >= 11 is 2.46. The summed E-state index contributed by atoms with van der Waals surface area (Å²) in [4.78, 5) is 12.4. The Morgan fingerprint density at radius 2 is 1.48 bits per heavy atom. The van der Waals surface area contributed by atoms with Crippen LogP contribution < -0.4 is 0 Å². The fourth-order valence-electron chi connectivity index (χ4n) is 5.21. The zero-order chi connectivity index (χ0) is 17.2. The van der Waals surface area contributed by atoms with Crippen LogP contribution in [0.3, 0.4) is 0 Å². The zero-order valence-electron chi connectivity index (χ0n) is 13.9. The molecule has 0 N–H and O–H groups in total. The molecule has 2 atom stereocenters.